The SMILES string of the molecule is O=[N+]([O-])c1ccc(CNCCCN2CCCC2)cc1. The Kier molecular flexibility index (Phi) is 5.30. The van der Waals surface area contributed by atoms with E-state index >= 15 is 0 Å². The number of benzene rings is 1. The normalized spacial score (nSPS) is 15.8. The molecule has 2 rings (SSSR count). The van der Waals surface area contributed by atoms with Crippen LogP contribution >= 0.6 is 0 Å². The van der Waals surface area contributed by atoms with Gasteiger partial charge in [0.15, 0.2) is 0 Å². The minimum absolute atomic E-state index is 0.151. The minimum atomic E-state index is -0.368. The Morgan fingerprint density at radius 1 is 1.21 bits per heavy atom. The fourth-order valence-electron chi connectivity index (χ4n) is 2.40. The zero-order valence-electron chi connectivity index (χ0n) is 11.2. The van der Waals surface area contributed by atoms with Crippen LogP contribution in [0.4, 0.5) is 5.69 Å². The first-order valence-electron chi connectivity index (χ1n) is 6.92. The van der Waals surface area contributed by atoms with Gasteiger partial charge in [0.2, 0.25) is 0 Å². The zero-order chi connectivity index (χ0) is 13.5. The van der Waals surface area contributed by atoms with E-state index in [0.717, 1.165) is 25.1 Å². The van der Waals surface area contributed by atoms with Crippen molar-refractivity contribution in [3.8, 4) is 0 Å². The summed E-state index contributed by atoms with van der Waals surface area (Å²) in [6, 6.07) is 6.74. The summed E-state index contributed by atoms with van der Waals surface area (Å²) in [6.07, 6.45) is 3.85. The summed E-state index contributed by atoms with van der Waals surface area (Å²) in [6.45, 7) is 5.45. The molecule has 5 nitrogen and oxygen atoms in total. The van der Waals surface area contributed by atoms with Crippen molar-refractivity contribution < 1.29 is 4.92 Å². The molecule has 104 valence electrons. The van der Waals surface area contributed by atoms with Crippen molar-refractivity contribution in [1.29, 1.82) is 0 Å². The Hall–Kier alpha value is -1.46. The first-order chi connectivity index (χ1) is 9.25. The lowest BCUT2D eigenvalue weighted by atomic mass is 10.2. The van der Waals surface area contributed by atoms with Gasteiger partial charge in [0.25, 0.3) is 5.69 Å². The summed E-state index contributed by atoms with van der Waals surface area (Å²) in [5.41, 5.74) is 1.24. The largest absolute Gasteiger partial charge is 0.313 e. The van der Waals surface area contributed by atoms with E-state index in [9.17, 15) is 10.1 Å². The predicted octanol–water partition coefficient (Wildman–Crippen LogP) is 2.17. The van der Waals surface area contributed by atoms with Crippen molar-refractivity contribution in [1.82, 2.24) is 10.2 Å². The van der Waals surface area contributed by atoms with Crippen LogP contribution in [0.25, 0.3) is 0 Å². The quantitative estimate of drug-likeness (QED) is 0.465. The third-order valence-corrected chi connectivity index (χ3v) is 3.50. The van der Waals surface area contributed by atoms with Gasteiger partial charge in [0, 0.05) is 18.7 Å². The number of hydrogen-bond acceptors (Lipinski definition) is 4. The first kappa shape index (κ1) is 14.0. The molecule has 0 aromatic heterocycles. The van der Waals surface area contributed by atoms with Crippen LogP contribution in [0.15, 0.2) is 24.3 Å². The highest BCUT2D eigenvalue weighted by Crippen LogP contribution is 2.11. The fourth-order valence-corrected chi connectivity index (χ4v) is 2.40. The maximum Gasteiger partial charge on any atom is 0.269 e. The third kappa shape index (κ3) is 4.61. The molecule has 0 saturated carbocycles. The predicted molar refractivity (Wildman–Crippen MR) is 75.1 cm³/mol. The number of likely N-dealkylation sites (tertiary alicyclic amines) is 1. The zero-order valence-corrected chi connectivity index (χ0v) is 11.2. The monoisotopic (exact) mass is 263 g/mol. The molecule has 1 aromatic carbocycles. The van der Waals surface area contributed by atoms with Gasteiger partial charge in [-0.15, -0.1) is 0 Å². The average Bonchev–Trinajstić information content (AvgIpc) is 2.92. The number of nitro groups is 1. The minimum Gasteiger partial charge on any atom is -0.313 e. The van der Waals surface area contributed by atoms with Gasteiger partial charge in [0.1, 0.15) is 0 Å². The van der Waals surface area contributed by atoms with Crippen molar-refractivity contribution in [2.45, 2.75) is 25.8 Å². The Labute approximate surface area is 113 Å². The van der Waals surface area contributed by atoms with E-state index in [-0.39, 0.29) is 10.6 Å². The average molecular weight is 263 g/mol. The molecule has 0 aliphatic carbocycles. The molecule has 1 aliphatic heterocycles. The number of rotatable bonds is 7. The van der Waals surface area contributed by atoms with E-state index in [2.05, 4.69) is 10.2 Å². The van der Waals surface area contributed by atoms with Gasteiger partial charge in [-0.3, -0.25) is 10.1 Å². The Morgan fingerprint density at radius 2 is 1.89 bits per heavy atom. The van der Waals surface area contributed by atoms with Crippen molar-refractivity contribution >= 4 is 5.69 Å². The van der Waals surface area contributed by atoms with Gasteiger partial charge >= 0.3 is 0 Å². The maximum atomic E-state index is 10.5. The lowest BCUT2D eigenvalue weighted by molar-refractivity contribution is -0.384. The van der Waals surface area contributed by atoms with E-state index in [1.807, 2.05) is 12.1 Å². The van der Waals surface area contributed by atoms with Crippen LogP contribution in [-0.4, -0.2) is 36.0 Å². The van der Waals surface area contributed by atoms with E-state index in [4.69, 9.17) is 0 Å². The summed E-state index contributed by atoms with van der Waals surface area (Å²) in [5.74, 6) is 0. The molecule has 19 heavy (non-hydrogen) atoms. The van der Waals surface area contributed by atoms with Crippen LogP contribution in [0, 0.1) is 10.1 Å². The number of non-ortho nitro benzene ring substituents is 1. The van der Waals surface area contributed by atoms with Gasteiger partial charge in [-0.2, -0.15) is 0 Å². The summed E-state index contributed by atoms with van der Waals surface area (Å²) < 4.78 is 0. The lowest BCUT2D eigenvalue weighted by Gasteiger charge is -2.14. The van der Waals surface area contributed by atoms with Crippen LogP contribution in [0.3, 0.4) is 0 Å². The maximum absolute atomic E-state index is 10.5. The molecule has 1 saturated heterocycles. The summed E-state index contributed by atoms with van der Waals surface area (Å²) in [5, 5.41) is 13.9. The first-order valence-corrected chi connectivity index (χ1v) is 6.92. The van der Waals surface area contributed by atoms with Gasteiger partial charge in [0.05, 0.1) is 4.92 Å². The van der Waals surface area contributed by atoms with Crippen molar-refractivity contribution in [2.75, 3.05) is 26.2 Å². The highest BCUT2D eigenvalue weighted by atomic mass is 16.6. The Balaban J connectivity index is 1.61. The molecule has 0 bridgehead atoms. The second kappa shape index (κ2) is 7.21. The summed E-state index contributed by atoms with van der Waals surface area (Å²) in [7, 11) is 0. The van der Waals surface area contributed by atoms with Gasteiger partial charge in [-0.25, -0.2) is 0 Å². The number of hydrogen-bond donors (Lipinski definition) is 1. The van der Waals surface area contributed by atoms with Crippen molar-refractivity contribution in [2.24, 2.45) is 0 Å². The van der Waals surface area contributed by atoms with Gasteiger partial charge in [-0.1, -0.05) is 12.1 Å². The molecule has 0 spiro atoms. The van der Waals surface area contributed by atoms with E-state index in [0.29, 0.717) is 0 Å². The molecule has 1 N–H and O–H groups in total. The van der Waals surface area contributed by atoms with Crippen LogP contribution in [0.2, 0.25) is 0 Å². The molecule has 0 radical (unpaired) electrons. The van der Waals surface area contributed by atoms with E-state index in [1.54, 1.807) is 12.1 Å². The van der Waals surface area contributed by atoms with Gasteiger partial charge < -0.3 is 10.2 Å². The third-order valence-electron chi connectivity index (χ3n) is 3.50. The molecule has 1 aliphatic rings. The lowest BCUT2D eigenvalue weighted by Crippen LogP contribution is -2.24. The van der Waals surface area contributed by atoms with E-state index in [1.165, 1.54) is 32.5 Å². The Morgan fingerprint density at radius 3 is 2.53 bits per heavy atom. The van der Waals surface area contributed by atoms with E-state index < -0.39 is 0 Å². The van der Waals surface area contributed by atoms with Crippen molar-refractivity contribution in [3.63, 3.8) is 0 Å². The van der Waals surface area contributed by atoms with Crippen LogP contribution in [-0.2, 0) is 6.54 Å². The molecule has 1 fully saturated rings. The van der Waals surface area contributed by atoms with Crippen molar-refractivity contribution in [3.05, 3.63) is 39.9 Å². The highest BCUT2D eigenvalue weighted by molar-refractivity contribution is 5.32. The molecule has 5 heteroatoms. The molecular formula is C14H21N3O2. The van der Waals surface area contributed by atoms with Crippen LogP contribution < -0.4 is 5.32 Å². The topological polar surface area (TPSA) is 58.4 Å². The van der Waals surface area contributed by atoms with Gasteiger partial charge in [-0.05, 0) is 51.0 Å². The molecule has 1 aromatic rings. The van der Waals surface area contributed by atoms with Crippen LogP contribution in [0.5, 0.6) is 0 Å². The second-order valence-electron chi connectivity index (χ2n) is 5.00. The molecule has 1 heterocycles. The summed E-state index contributed by atoms with van der Waals surface area (Å²) in [4.78, 5) is 12.7. The number of nitrogens with zero attached hydrogens (tertiary/aromatic N) is 2. The second-order valence-corrected chi connectivity index (χ2v) is 5.00. The molecule has 0 unspecified atom stereocenters. The highest BCUT2D eigenvalue weighted by Gasteiger charge is 2.09. The standard InChI is InChI=1S/C14H21N3O2/c18-17(19)14-6-4-13(5-7-14)12-15-8-3-11-16-9-1-2-10-16/h4-7,15H,1-3,8-12H2. The van der Waals surface area contributed by atoms with Crippen LogP contribution in [0.1, 0.15) is 24.8 Å². The summed E-state index contributed by atoms with van der Waals surface area (Å²) >= 11 is 0. The fraction of sp³-hybridized carbons (Fsp3) is 0.571. The molecule has 0 amide bonds. The number of nitrogens with one attached hydrogen (secondary N) is 1. The Bertz CT molecular complexity index is 400. The molecule has 0 atom stereocenters. The smallest absolute Gasteiger partial charge is 0.269 e. The number of nitro benzene ring substituents is 1. The molecular weight excluding hydrogens is 242 g/mol.